The van der Waals surface area contributed by atoms with Crippen LogP contribution in [0.4, 0.5) is 5.69 Å². The molecule has 9 heteroatoms. The highest BCUT2D eigenvalue weighted by atomic mass is 32.1. The molecule has 33 heavy (non-hydrogen) atoms. The van der Waals surface area contributed by atoms with Crippen LogP contribution in [0.2, 0.25) is 0 Å². The van der Waals surface area contributed by atoms with Gasteiger partial charge in [0, 0.05) is 10.6 Å². The average Bonchev–Trinajstić information content (AvgIpc) is 3.25. The molecule has 0 radical (unpaired) electrons. The molecule has 1 aliphatic rings. The van der Waals surface area contributed by atoms with Gasteiger partial charge in [0.25, 0.3) is 5.91 Å². The zero-order valence-electron chi connectivity index (χ0n) is 18.4. The predicted molar refractivity (Wildman–Crippen MR) is 124 cm³/mol. The van der Waals surface area contributed by atoms with E-state index in [1.54, 1.807) is 46.8 Å². The van der Waals surface area contributed by atoms with Gasteiger partial charge in [0.1, 0.15) is 18.5 Å². The number of methoxy groups -OCH3 is 1. The first-order chi connectivity index (χ1) is 16.0. The second-order valence-corrected chi connectivity index (χ2v) is 8.58. The number of thiazole rings is 1. The van der Waals surface area contributed by atoms with Crippen molar-refractivity contribution in [2.45, 2.75) is 25.6 Å². The van der Waals surface area contributed by atoms with Gasteiger partial charge >= 0.3 is 0 Å². The Hall–Kier alpha value is -3.27. The maximum Gasteiger partial charge on any atom is 0.259 e. The molecule has 2 N–H and O–H groups in total. The van der Waals surface area contributed by atoms with Crippen molar-refractivity contribution in [3.05, 3.63) is 75.7 Å². The molecule has 8 nitrogen and oxygen atoms in total. The van der Waals surface area contributed by atoms with E-state index in [2.05, 4.69) is 10.3 Å². The number of benzene rings is 2. The van der Waals surface area contributed by atoms with Crippen LogP contribution in [0.3, 0.4) is 0 Å². The number of aliphatic hydroxyl groups is 1. The molecule has 1 fully saturated rings. The number of para-hydroxylation sites is 1. The van der Waals surface area contributed by atoms with E-state index in [-0.39, 0.29) is 25.0 Å². The molecule has 1 aliphatic heterocycles. The average molecular weight is 468 g/mol. The number of amides is 2. The second-order valence-electron chi connectivity index (χ2n) is 7.64. The van der Waals surface area contributed by atoms with Crippen LogP contribution >= 0.6 is 11.3 Å². The third kappa shape index (κ3) is 4.90. The number of aromatic nitrogens is 1. The minimum Gasteiger partial charge on any atom is -0.496 e. The van der Waals surface area contributed by atoms with Crippen molar-refractivity contribution >= 4 is 28.8 Å². The fourth-order valence-electron chi connectivity index (χ4n) is 3.84. The van der Waals surface area contributed by atoms with Crippen molar-refractivity contribution in [1.82, 2.24) is 9.88 Å². The minimum atomic E-state index is -0.526. The predicted octanol–water partition coefficient (Wildman–Crippen LogP) is 3.17. The molecule has 2 amide bonds. The molecule has 1 aromatic heterocycles. The van der Waals surface area contributed by atoms with Gasteiger partial charge < -0.3 is 24.8 Å². The van der Waals surface area contributed by atoms with Crippen molar-refractivity contribution in [3.63, 3.8) is 0 Å². The summed E-state index contributed by atoms with van der Waals surface area (Å²) in [6, 6.07) is 13.7. The van der Waals surface area contributed by atoms with Crippen molar-refractivity contribution in [3.8, 4) is 5.75 Å². The number of nitrogens with zero attached hydrogens (tertiary/aromatic N) is 2. The van der Waals surface area contributed by atoms with Gasteiger partial charge in [-0.1, -0.05) is 24.3 Å². The lowest BCUT2D eigenvalue weighted by molar-refractivity contribution is -0.161. The van der Waals surface area contributed by atoms with E-state index < -0.39 is 12.1 Å². The fraction of sp³-hybridized carbons (Fsp3) is 0.292. The van der Waals surface area contributed by atoms with Crippen LogP contribution in [0.25, 0.3) is 0 Å². The lowest BCUT2D eigenvalue weighted by atomic mass is 9.99. The normalized spacial score (nSPS) is 18.3. The van der Waals surface area contributed by atoms with Gasteiger partial charge in [0.15, 0.2) is 0 Å². The monoisotopic (exact) mass is 467 g/mol. The Labute approximate surface area is 195 Å². The number of carbonyl (C=O) groups is 2. The molecule has 172 valence electrons. The molecule has 3 aromatic rings. The first kappa shape index (κ1) is 22.9. The molecule has 1 saturated heterocycles. The van der Waals surface area contributed by atoms with Gasteiger partial charge in [0.2, 0.25) is 5.91 Å². The van der Waals surface area contributed by atoms with Gasteiger partial charge in [-0.3, -0.25) is 9.59 Å². The third-order valence-electron chi connectivity index (χ3n) is 5.65. The number of carbonyl (C=O) groups excluding carboxylic acids is 2. The number of aliphatic hydroxyl groups excluding tert-OH is 1. The summed E-state index contributed by atoms with van der Waals surface area (Å²) in [5.74, 6) is 0.0480. The first-order valence-corrected chi connectivity index (χ1v) is 11.3. The summed E-state index contributed by atoms with van der Waals surface area (Å²) in [5, 5.41) is 13.0. The summed E-state index contributed by atoms with van der Waals surface area (Å²) in [5.41, 5.74) is 4.48. The van der Waals surface area contributed by atoms with Gasteiger partial charge in [-0.25, -0.2) is 4.98 Å². The highest BCUT2D eigenvalue weighted by Gasteiger charge is 2.37. The van der Waals surface area contributed by atoms with E-state index in [0.29, 0.717) is 23.5 Å². The van der Waals surface area contributed by atoms with Gasteiger partial charge in [-0.2, -0.15) is 0 Å². The van der Waals surface area contributed by atoms with Crippen LogP contribution in [0.5, 0.6) is 5.75 Å². The number of aryl methyl sites for hydroxylation is 1. The molecule has 2 heterocycles. The molecule has 4 rings (SSSR count). The molecule has 0 spiro atoms. The Bertz CT molecular complexity index is 1130. The first-order valence-electron chi connectivity index (χ1n) is 10.5. The summed E-state index contributed by atoms with van der Waals surface area (Å²) >= 11 is 1.49. The quantitative estimate of drug-likeness (QED) is 0.554. The lowest BCUT2D eigenvalue weighted by Gasteiger charge is -2.40. The SMILES string of the molecule is COc1ccccc1C(=O)Nc1ccc([C@H]2OCC(=O)N(Cc3scnc3C)[C@@H]2CO)cc1. The number of anilines is 1. The van der Waals surface area contributed by atoms with Gasteiger partial charge in [-0.05, 0) is 36.8 Å². The van der Waals surface area contributed by atoms with Crippen LogP contribution in [0.1, 0.15) is 32.6 Å². The van der Waals surface area contributed by atoms with Gasteiger partial charge in [0.05, 0.1) is 43.1 Å². The summed E-state index contributed by atoms with van der Waals surface area (Å²) in [4.78, 5) is 32.1. The summed E-state index contributed by atoms with van der Waals surface area (Å²) in [6.45, 7) is 1.99. The zero-order chi connectivity index (χ0) is 23.4. The number of hydrogen-bond donors (Lipinski definition) is 2. The van der Waals surface area contributed by atoms with Gasteiger partial charge in [-0.15, -0.1) is 11.3 Å². The van der Waals surface area contributed by atoms with E-state index >= 15 is 0 Å². The van der Waals surface area contributed by atoms with Crippen molar-refractivity contribution in [1.29, 1.82) is 0 Å². The molecule has 0 aliphatic carbocycles. The Morgan fingerprint density at radius 1 is 1.27 bits per heavy atom. The fourth-order valence-corrected chi connectivity index (χ4v) is 4.62. The zero-order valence-corrected chi connectivity index (χ0v) is 19.2. The van der Waals surface area contributed by atoms with Crippen LogP contribution < -0.4 is 10.1 Å². The van der Waals surface area contributed by atoms with E-state index in [9.17, 15) is 14.7 Å². The van der Waals surface area contributed by atoms with Crippen LogP contribution in [0, 0.1) is 6.92 Å². The molecule has 2 atom stereocenters. The number of rotatable bonds is 7. The van der Waals surface area contributed by atoms with Crippen molar-refractivity contribution in [2.24, 2.45) is 0 Å². The largest absolute Gasteiger partial charge is 0.496 e. The maximum atomic E-state index is 12.6. The third-order valence-corrected chi connectivity index (χ3v) is 6.57. The Balaban J connectivity index is 1.49. The van der Waals surface area contributed by atoms with E-state index in [1.165, 1.54) is 18.4 Å². The highest BCUT2D eigenvalue weighted by molar-refractivity contribution is 7.09. The van der Waals surface area contributed by atoms with Crippen molar-refractivity contribution < 1.29 is 24.2 Å². The molecule has 0 bridgehead atoms. The number of nitrogens with one attached hydrogen (secondary N) is 1. The molecule has 2 aromatic carbocycles. The lowest BCUT2D eigenvalue weighted by Crippen LogP contribution is -2.52. The molecular weight excluding hydrogens is 442 g/mol. The van der Waals surface area contributed by atoms with E-state index in [4.69, 9.17) is 9.47 Å². The highest BCUT2D eigenvalue weighted by Crippen LogP contribution is 2.32. The Kier molecular flexibility index (Phi) is 7.02. The topological polar surface area (TPSA) is 101 Å². The Morgan fingerprint density at radius 3 is 2.70 bits per heavy atom. The minimum absolute atomic E-state index is 0.0642. The number of morpholine rings is 1. The number of ether oxygens (including phenoxy) is 2. The molecule has 0 saturated carbocycles. The van der Waals surface area contributed by atoms with Crippen molar-refractivity contribution in [2.75, 3.05) is 25.6 Å². The van der Waals surface area contributed by atoms with E-state index in [1.807, 2.05) is 19.1 Å². The summed E-state index contributed by atoms with van der Waals surface area (Å²) < 4.78 is 11.1. The second kappa shape index (κ2) is 10.1. The number of hydrogen-bond acceptors (Lipinski definition) is 7. The van der Waals surface area contributed by atoms with Crippen LogP contribution in [0.15, 0.2) is 54.0 Å². The van der Waals surface area contributed by atoms with Crippen LogP contribution in [-0.4, -0.2) is 53.2 Å². The Morgan fingerprint density at radius 2 is 2.03 bits per heavy atom. The maximum absolute atomic E-state index is 12.6. The summed E-state index contributed by atoms with van der Waals surface area (Å²) in [7, 11) is 1.52. The molecular formula is C24H25N3O5S. The van der Waals surface area contributed by atoms with E-state index in [0.717, 1.165) is 16.1 Å². The summed E-state index contributed by atoms with van der Waals surface area (Å²) in [6.07, 6.45) is -0.486. The smallest absolute Gasteiger partial charge is 0.259 e. The standard InChI is InChI=1S/C24H25N3O5S/c1-15-21(33-14-25-15)11-27-19(12-28)23(32-13-22(27)29)16-7-9-17(10-8-16)26-24(30)18-5-3-4-6-20(18)31-2/h3-10,14,19,23,28H,11-13H2,1-2H3,(H,26,30)/t19-,23-/m1/s1. The van der Waals surface area contributed by atoms with Crippen LogP contribution in [-0.2, 0) is 16.1 Å². The molecule has 0 unspecified atom stereocenters.